The van der Waals surface area contributed by atoms with E-state index >= 15 is 0 Å². The molecule has 0 spiro atoms. The quantitative estimate of drug-likeness (QED) is 0.0373. The first kappa shape index (κ1) is 55.4. The van der Waals surface area contributed by atoms with Gasteiger partial charge in [0, 0.05) is 6.61 Å². The third-order valence-corrected chi connectivity index (χ3v) is 8.05. The minimum Gasteiger partial charge on any atom is -0.376 e. The molecule has 0 amide bonds. The van der Waals surface area contributed by atoms with Gasteiger partial charge in [0.15, 0.2) is 0 Å². The molecule has 0 N–H and O–H groups in total. The van der Waals surface area contributed by atoms with Gasteiger partial charge in [0.2, 0.25) is 0 Å². The fourth-order valence-corrected chi connectivity index (χ4v) is 4.48. The Kier molecular flexibility index (Phi) is 35.9. The predicted octanol–water partition coefficient (Wildman–Crippen LogP) is 6.62. The van der Waals surface area contributed by atoms with Gasteiger partial charge < -0.3 is 56.8 Å². The van der Waals surface area contributed by atoms with Gasteiger partial charge in [-0.25, -0.2) is 9.78 Å². The lowest BCUT2D eigenvalue weighted by molar-refractivity contribution is -0.306. The molecule has 0 fully saturated rings. The fraction of sp³-hybridized carbons (Fsp3) is 1.00. The second kappa shape index (κ2) is 36.3. The van der Waals surface area contributed by atoms with Gasteiger partial charge in [-0.3, -0.25) is 0 Å². The Morgan fingerprint density at radius 1 is 0.214 bits per heavy atom. The Bertz CT molecular complexity index is 843. The van der Waals surface area contributed by atoms with Crippen LogP contribution in [0.5, 0.6) is 0 Å². The first-order chi connectivity index (χ1) is 26.6. The largest absolute Gasteiger partial charge is 0.376 e. The summed E-state index contributed by atoms with van der Waals surface area (Å²) in [6.07, 6.45) is 1.23. The van der Waals surface area contributed by atoms with Crippen LogP contribution >= 0.6 is 0 Å². The molecule has 0 bridgehead atoms. The van der Waals surface area contributed by atoms with Crippen LogP contribution in [0.25, 0.3) is 0 Å². The highest BCUT2D eigenvalue weighted by molar-refractivity contribution is 4.61. The SMILES string of the molecule is CCCOOCC(C)OCC(C)OCC(C)OCC(C)OCC(C)OCC(C)OCC(C)OCC(C)OCC(C)OCC(C)OCC(C)OCC(C)OCCC. The van der Waals surface area contributed by atoms with E-state index in [0.717, 1.165) is 19.4 Å². The molecule has 0 aromatic heterocycles. The van der Waals surface area contributed by atoms with Crippen LogP contribution in [0.3, 0.4) is 0 Å². The van der Waals surface area contributed by atoms with Crippen molar-refractivity contribution in [1.29, 1.82) is 0 Å². The van der Waals surface area contributed by atoms with Crippen molar-refractivity contribution in [3.05, 3.63) is 0 Å². The molecule has 14 nitrogen and oxygen atoms in total. The molecule has 0 aliphatic rings. The molecule has 0 aromatic carbocycles. The van der Waals surface area contributed by atoms with Gasteiger partial charge in [0.05, 0.1) is 153 Å². The summed E-state index contributed by atoms with van der Waals surface area (Å²) in [6.45, 7) is 35.0. The second-order valence-electron chi connectivity index (χ2n) is 15.4. The highest BCUT2D eigenvalue weighted by Gasteiger charge is 2.16. The maximum Gasteiger partial charge on any atom is 0.108 e. The van der Waals surface area contributed by atoms with Crippen molar-refractivity contribution in [2.75, 3.05) is 92.5 Å². The fourth-order valence-electron chi connectivity index (χ4n) is 4.48. The standard InChI is InChI=1S/C42H86O14/c1-15-17-43-31(3)19-44-32(4)20-45-33(5)21-46-34(6)22-47-35(7)23-48-36(8)24-49-37(9)25-50-38(10)26-51-39(11)27-52-40(12)28-53-41(13)29-54-42(14)30-56-55-18-16-2/h31-42H,15-30H2,1-14H3. The van der Waals surface area contributed by atoms with Crippen molar-refractivity contribution in [2.45, 2.75) is 183 Å². The molecule has 338 valence electrons. The van der Waals surface area contributed by atoms with E-state index < -0.39 is 0 Å². The molecule has 0 radical (unpaired) electrons. The van der Waals surface area contributed by atoms with Gasteiger partial charge in [0.25, 0.3) is 0 Å². The summed E-state index contributed by atoms with van der Waals surface area (Å²) in [5.41, 5.74) is 0. The molecule has 0 rings (SSSR count). The van der Waals surface area contributed by atoms with Crippen LogP contribution in [0.15, 0.2) is 0 Å². The minimum absolute atomic E-state index is 0.0117. The van der Waals surface area contributed by atoms with Gasteiger partial charge >= 0.3 is 0 Å². The van der Waals surface area contributed by atoms with Crippen LogP contribution in [0.4, 0.5) is 0 Å². The van der Waals surface area contributed by atoms with Gasteiger partial charge in [-0.15, -0.1) is 0 Å². The molecule has 0 saturated heterocycles. The third-order valence-electron chi connectivity index (χ3n) is 8.05. The molecule has 0 aromatic rings. The molecule has 0 aliphatic heterocycles. The zero-order chi connectivity index (χ0) is 42.1. The van der Waals surface area contributed by atoms with Crippen molar-refractivity contribution >= 4 is 0 Å². The van der Waals surface area contributed by atoms with Crippen LogP contribution in [0, 0.1) is 0 Å². The number of hydrogen-bond acceptors (Lipinski definition) is 14. The van der Waals surface area contributed by atoms with E-state index in [0.29, 0.717) is 85.9 Å². The normalized spacial score (nSPS) is 18.8. The smallest absolute Gasteiger partial charge is 0.108 e. The van der Waals surface area contributed by atoms with Crippen LogP contribution in [-0.2, 0) is 66.6 Å². The van der Waals surface area contributed by atoms with Gasteiger partial charge in [-0.05, 0) is 95.9 Å². The van der Waals surface area contributed by atoms with Crippen LogP contribution in [0.2, 0.25) is 0 Å². The number of hydrogen-bond donors (Lipinski definition) is 0. The minimum atomic E-state index is -0.0862. The Morgan fingerprint density at radius 2 is 0.393 bits per heavy atom. The van der Waals surface area contributed by atoms with Crippen molar-refractivity contribution in [2.24, 2.45) is 0 Å². The lowest BCUT2D eigenvalue weighted by atomic mass is 10.3. The topological polar surface area (TPSA) is 129 Å². The second-order valence-corrected chi connectivity index (χ2v) is 15.4. The average Bonchev–Trinajstić information content (AvgIpc) is 3.18. The summed E-state index contributed by atoms with van der Waals surface area (Å²) in [7, 11) is 0. The van der Waals surface area contributed by atoms with Gasteiger partial charge in [0.1, 0.15) is 6.61 Å². The zero-order valence-corrected chi connectivity index (χ0v) is 38.0. The van der Waals surface area contributed by atoms with E-state index in [-0.39, 0.29) is 73.2 Å². The molecular weight excluding hydrogens is 728 g/mol. The molecule has 12 unspecified atom stereocenters. The van der Waals surface area contributed by atoms with E-state index in [1.807, 2.05) is 90.0 Å². The Labute approximate surface area is 341 Å². The van der Waals surface area contributed by atoms with Gasteiger partial charge in [-0.2, -0.15) is 0 Å². The number of rotatable bonds is 41. The first-order valence-electron chi connectivity index (χ1n) is 21.3. The molecule has 0 aliphatic carbocycles. The number of ether oxygens (including phenoxy) is 12. The van der Waals surface area contributed by atoms with Crippen LogP contribution in [0.1, 0.15) is 110 Å². The van der Waals surface area contributed by atoms with Gasteiger partial charge in [-0.1, -0.05) is 13.8 Å². The van der Waals surface area contributed by atoms with E-state index in [4.69, 9.17) is 66.6 Å². The molecule has 14 heteroatoms. The first-order valence-corrected chi connectivity index (χ1v) is 21.3. The lowest BCUT2D eigenvalue weighted by Gasteiger charge is -2.23. The van der Waals surface area contributed by atoms with E-state index in [1.54, 1.807) is 0 Å². The maximum absolute atomic E-state index is 5.96. The Balaban J connectivity index is 3.94. The summed E-state index contributed by atoms with van der Waals surface area (Å²) >= 11 is 0. The van der Waals surface area contributed by atoms with Crippen molar-refractivity contribution in [3.8, 4) is 0 Å². The monoisotopic (exact) mass is 815 g/mol. The lowest BCUT2D eigenvalue weighted by Crippen LogP contribution is -2.31. The Hall–Kier alpha value is -0.560. The zero-order valence-electron chi connectivity index (χ0n) is 38.0. The summed E-state index contributed by atoms with van der Waals surface area (Å²) < 4.78 is 70.7. The summed E-state index contributed by atoms with van der Waals surface area (Å²) in [5.74, 6) is 0. The highest BCUT2D eigenvalue weighted by atomic mass is 17.2. The predicted molar refractivity (Wildman–Crippen MR) is 217 cm³/mol. The summed E-state index contributed by atoms with van der Waals surface area (Å²) in [4.78, 5) is 10.2. The molecular formula is C42H86O14. The van der Waals surface area contributed by atoms with Crippen LogP contribution in [-0.4, -0.2) is 166 Å². The molecule has 0 saturated carbocycles. The van der Waals surface area contributed by atoms with Crippen LogP contribution < -0.4 is 0 Å². The molecule has 12 atom stereocenters. The van der Waals surface area contributed by atoms with Crippen molar-refractivity contribution in [1.82, 2.24) is 0 Å². The van der Waals surface area contributed by atoms with E-state index in [9.17, 15) is 0 Å². The van der Waals surface area contributed by atoms with Crippen molar-refractivity contribution in [3.63, 3.8) is 0 Å². The van der Waals surface area contributed by atoms with E-state index in [2.05, 4.69) is 6.92 Å². The summed E-state index contributed by atoms with van der Waals surface area (Å²) in [5, 5.41) is 0. The average molecular weight is 815 g/mol. The molecule has 56 heavy (non-hydrogen) atoms. The highest BCUT2D eigenvalue weighted by Crippen LogP contribution is 2.07. The third kappa shape index (κ3) is 35.4. The molecule has 0 heterocycles. The Morgan fingerprint density at radius 3 is 0.589 bits per heavy atom. The maximum atomic E-state index is 5.96. The van der Waals surface area contributed by atoms with E-state index in [1.165, 1.54) is 0 Å². The van der Waals surface area contributed by atoms with Crippen molar-refractivity contribution < 1.29 is 66.6 Å². The summed E-state index contributed by atoms with van der Waals surface area (Å²) in [6, 6.07) is 0.